The van der Waals surface area contributed by atoms with Crippen LogP contribution in [0.15, 0.2) is 60.2 Å². The lowest BCUT2D eigenvalue weighted by molar-refractivity contribution is -0.140. The van der Waals surface area contributed by atoms with Gasteiger partial charge < -0.3 is 29.0 Å². The van der Waals surface area contributed by atoms with Gasteiger partial charge in [0.15, 0.2) is 11.5 Å². The molecule has 1 atom stereocenters. The Hall–Kier alpha value is -4.46. The molecule has 1 aliphatic heterocycles. The number of nitrogens with zero attached hydrogens (tertiary/aromatic N) is 1. The van der Waals surface area contributed by atoms with E-state index in [9.17, 15) is 14.7 Å². The SMILES string of the molecule is COc1cc(C)c(/C(O)=C2\C(=O)C(=O)N(Cc3ccccc3OC)C2c2ccc(OC)c(OC)c2)cc1C. The molecule has 1 saturated heterocycles. The lowest BCUT2D eigenvalue weighted by Crippen LogP contribution is -2.29. The number of aliphatic hydroxyl groups excluding tert-OH is 1. The number of aliphatic hydroxyl groups is 1. The molecule has 1 N–H and O–H groups in total. The Morgan fingerprint density at radius 2 is 1.45 bits per heavy atom. The first kappa shape index (κ1) is 26.6. The summed E-state index contributed by atoms with van der Waals surface area (Å²) in [6, 6.07) is 15.1. The number of likely N-dealkylation sites (tertiary alicyclic amines) is 1. The first-order valence-electron chi connectivity index (χ1n) is 12.0. The predicted octanol–water partition coefficient (Wildman–Crippen LogP) is 4.96. The Labute approximate surface area is 222 Å². The van der Waals surface area contributed by atoms with Crippen LogP contribution in [-0.4, -0.2) is 50.1 Å². The van der Waals surface area contributed by atoms with Gasteiger partial charge in [-0.2, -0.15) is 0 Å². The van der Waals surface area contributed by atoms with Gasteiger partial charge in [0.1, 0.15) is 17.3 Å². The number of benzene rings is 3. The van der Waals surface area contributed by atoms with Crippen LogP contribution in [0.25, 0.3) is 5.76 Å². The fourth-order valence-corrected chi connectivity index (χ4v) is 4.84. The van der Waals surface area contributed by atoms with E-state index in [2.05, 4.69) is 0 Å². The van der Waals surface area contributed by atoms with Crippen LogP contribution in [0.4, 0.5) is 0 Å². The zero-order valence-electron chi connectivity index (χ0n) is 22.3. The van der Waals surface area contributed by atoms with Crippen molar-refractivity contribution in [2.24, 2.45) is 0 Å². The van der Waals surface area contributed by atoms with Crippen LogP contribution in [0.1, 0.15) is 33.9 Å². The summed E-state index contributed by atoms with van der Waals surface area (Å²) in [5.41, 5.74) is 3.23. The van der Waals surface area contributed by atoms with Crippen molar-refractivity contribution in [3.63, 3.8) is 0 Å². The summed E-state index contributed by atoms with van der Waals surface area (Å²) in [5.74, 6) is 0.428. The van der Waals surface area contributed by atoms with Crippen molar-refractivity contribution in [3.8, 4) is 23.0 Å². The molecule has 1 heterocycles. The molecular weight excluding hydrogens is 486 g/mol. The molecular formula is C30H31NO7. The molecule has 8 nitrogen and oxygen atoms in total. The summed E-state index contributed by atoms with van der Waals surface area (Å²) in [6.45, 7) is 3.75. The molecule has 8 heteroatoms. The maximum Gasteiger partial charge on any atom is 0.295 e. The number of ketones is 1. The van der Waals surface area contributed by atoms with Gasteiger partial charge in [-0.1, -0.05) is 24.3 Å². The van der Waals surface area contributed by atoms with Crippen LogP contribution in [0.5, 0.6) is 23.0 Å². The standard InChI is InChI=1S/C30H31NO7/c1-17-14-24(37-5)18(2)13-21(17)28(32)26-27(19-11-12-23(36-4)25(15-19)38-6)31(30(34)29(26)33)16-20-9-7-8-10-22(20)35-3/h7-15,27,32H,16H2,1-6H3/b28-26+. The third-order valence-electron chi connectivity index (χ3n) is 6.79. The highest BCUT2D eigenvalue weighted by atomic mass is 16.5. The van der Waals surface area contributed by atoms with E-state index in [0.29, 0.717) is 39.7 Å². The monoisotopic (exact) mass is 517 g/mol. The third kappa shape index (κ3) is 4.65. The van der Waals surface area contributed by atoms with Gasteiger partial charge in [0.2, 0.25) is 0 Å². The summed E-state index contributed by atoms with van der Waals surface area (Å²) in [6.07, 6.45) is 0. The van der Waals surface area contributed by atoms with Crippen molar-refractivity contribution in [1.82, 2.24) is 4.90 Å². The summed E-state index contributed by atoms with van der Waals surface area (Å²) < 4.78 is 21.8. The zero-order chi connectivity index (χ0) is 27.6. The second-order valence-corrected chi connectivity index (χ2v) is 8.99. The van der Waals surface area contributed by atoms with Crippen LogP contribution in [0, 0.1) is 13.8 Å². The van der Waals surface area contributed by atoms with Crippen LogP contribution in [0.3, 0.4) is 0 Å². The number of hydrogen-bond acceptors (Lipinski definition) is 7. The molecule has 1 fully saturated rings. The van der Waals surface area contributed by atoms with E-state index in [1.165, 1.54) is 19.1 Å². The van der Waals surface area contributed by atoms with Gasteiger partial charge >= 0.3 is 0 Å². The van der Waals surface area contributed by atoms with E-state index in [0.717, 1.165) is 11.1 Å². The minimum absolute atomic E-state index is 0.00946. The lowest BCUT2D eigenvalue weighted by atomic mass is 9.92. The van der Waals surface area contributed by atoms with Crippen molar-refractivity contribution >= 4 is 17.4 Å². The largest absolute Gasteiger partial charge is 0.507 e. The summed E-state index contributed by atoms with van der Waals surface area (Å²) in [7, 11) is 6.16. The number of hydrogen-bond donors (Lipinski definition) is 1. The molecule has 0 radical (unpaired) electrons. The molecule has 1 aliphatic rings. The number of para-hydroxylation sites is 1. The van der Waals surface area contributed by atoms with E-state index in [1.54, 1.807) is 50.6 Å². The Bertz CT molecular complexity index is 1430. The van der Waals surface area contributed by atoms with E-state index >= 15 is 0 Å². The van der Waals surface area contributed by atoms with Crippen LogP contribution in [-0.2, 0) is 16.1 Å². The Balaban J connectivity index is 1.94. The molecule has 0 aliphatic carbocycles. The van der Waals surface area contributed by atoms with Gasteiger partial charge in [0.05, 0.1) is 46.6 Å². The molecule has 0 spiro atoms. The fourth-order valence-electron chi connectivity index (χ4n) is 4.84. The van der Waals surface area contributed by atoms with Gasteiger partial charge in [-0.15, -0.1) is 0 Å². The first-order valence-corrected chi connectivity index (χ1v) is 12.0. The Kier molecular flexibility index (Phi) is 7.62. The average molecular weight is 518 g/mol. The number of ether oxygens (including phenoxy) is 4. The highest BCUT2D eigenvalue weighted by molar-refractivity contribution is 6.46. The van der Waals surface area contributed by atoms with E-state index < -0.39 is 17.7 Å². The molecule has 1 amide bonds. The van der Waals surface area contributed by atoms with Gasteiger partial charge in [-0.3, -0.25) is 9.59 Å². The van der Waals surface area contributed by atoms with Gasteiger partial charge in [0.25, 0.3) is 11.7 Å². The molecule has 198 valence electrons. The van der Waals surface area contributed by atoms with Crippen LogP contribution >= 0.6 is 0 Å². The van der Waals surface area contributed by atoms with E-state index in [-0.39, 0.29) is 17.9 Å². The molecule has 3 aromatic carbocycles. The fraction of sp³-hybridized carbons (Fsp3) is 0.267. The number of methoxy groups -OCH3 is 4. The summed E-state index contributed by atoms with van der Waals surface area (Å²) in [4.78, 5) is 28.5. The highest BCUT2D eigenvalue weighted by Gasteiger charge is 2.46. The molecule has 38 heavy (non-hydrogen) atoms. The second kappa shape index (κ2) is 10.9. The minimum Gasteiger partial charge on any atom is -0.507 e. The second-order valence-electron chi connectivity index (χ2n) is 8.99. The number of carbonyl (C=O) groups is 2. The normalized spacial score (nSPS) is 16.5. The molecule has 4 rings (SSSR count). The number of amides is 1. The average Bonchev–Trinajstić information content (AvgIpc) is 3.18. The Morgan fingerprint density at radius 3 is 2.11 bits per heavy atom. The maximum absolute atomic E-state index is 13.5. The topological polar surface area (TPSA) is 94.5 Å². The maximum atomic E-state index is 13.5. The van der Waals surface area contributed by atoms with Crippen molar-refractivity contribution in [3.05, 3.63) is 88.0 Å². The molecule has 1 unspecified atom stereocenters. The number of carbonyl (C=O) groups excluding carboxylic acids is 2. The number of Topliss-reactive ketones (excluding diaryl/α,β-unsaturated/α-hetero) is 1. The Morgan fingerprint density at radius 1 is 0.789 bits per heavy atom. The first-order chi connectivity index (χ1) is 18.2. The number of aryl methyl sites for hydroxylation is 2. The number of rotatable bonds is 8. The lowest BCUT2D eigenvalue weighted by Gasteiger charge is -2.27. The molecule has 0 bridgehead atoms. The zero-order valence-corrected chi connectivity index (χ0v) is 22.3. The van der Waals surface area contributed by atoms with Crippen LogP contribution < -0.4 is 18.9 Å². The smallest absolute Gasteiger partial charge is 0.295 e. The minimum atomic E-state index is -0.887. The van der Waals surface area contributed by atoms with Crippen molar-refractivity contribution in [1.29, 1.82) is 0 Å². The third-order valence-corrected chi connectivity index (χ3v) is 6.79. The summed E-state index contributed by atoms with van der Waals surface area (Å²) in [5, 5.41) is 11.6. The van der Waals surface area contributed by atoms with Gasteiger partial charge in [-0.05, 0) is 60.9 Å². The van der Waals surface area contributed by atoms with Gasteiger partial charge in [-0.25, -0.2) is 0 Å². The highest BCUT2D eigenvalue weighted by Crippen LogP contribution is 2.44. The van der Waals surface area contributed by atoms with E-state index in [1.807, 2.05) is 32.0 Å². The van der Waals surface area contributed by atoms with Crippen LogP contribution in [0.2, 0.25) is 0 Å². The molecule has 0 saturated carbocycles. The quantitative estimate of drug-likeness (QED) is 0.256. The van der Waals surface area contributed by atoms with Crippen molar-refractivity contribution in [2.75, 3.05) is 28.4 Å². The van der Waals surface area contributed by atoms with Crippen molar-refractivity contribution < 1.29 is 33.6 Å². The van der Waals surface area contributed by atoms with Gasteiger partial charge in [0, 0.05) is 11.1 Å². The summed E-state index contributed by atoms with van der Waals surface area (Å²) >= 11 is 0. The molecule has 0 aromatic heterocycles. The van der Waals surface area contributed by atoms with Crippen molar-refractivity contribution in [2.45, 2.75) is 26.4 Å². The molecule has 3 aromatic rings. The van der Waals surface area contributed by atoms with E-state index in [4.69, 9.17) is 18.9 Å². The predicted molar refractivity (Wildman–Crippen MR) is 143 cm³/mol.